The van der Waals surface area contributed by atoms with Crippen molar-refractivity contribution >= 4 is 28.4 Å². The molecule has 150 valence electrons. The van der Waals surface area contributed by atoms with E-state index in [1.54, 1.807) is 36.4 Å². The number of nitrogens with one attached hydrogen (secondary N) is 3. The van der Waals surface area contributed by atoms with Gasteiger partial charge in [0, 0.05) is 0 Å². The van der Waals surface area contributed by atoms with Gasteiger partial charge in [-0.1, -0.05) is 18.2 Å². The number of nitrogens with zero attached hydrogens (tertiary/aromatic N) is 1. The van der Waals surface area contributed by atoms with Crippen LogP contribution in [-0.2, 0) is 16.1 Å². The summed E-state index contributed by atoms with van der Waals surface area (Å²) in [4.78, 5) is 50.6. The number of carbonyl (C=O) groups excluding carboxylic acids is 2. The Bertz CT molecular complexity index is 1200. The van der Waals surface area contributed by atoms with E-state index in [0.717, 1.165) is 10.1 Å². The second-order valence-electron chi connectivity index (χ2n) is 6.39. The van der Waals surface area contributed by atoms with Crippen LogP contribution in [0.5, 0.6) is 5.75 Å². The van der Waals surface area contributed by atoms with Gasteiger partial charge >= 0.3 is 5.69 Å². The number of para-hydroxylation sites is 1. The molecule has 0 atom stereocenters. The van der Waals surface area contributed by atoms with Crippen molar-refractivity contribution in [1.29, 1.82) is 0 Å². The molecule has 2 amide bonds. The molecule has 0 unspecified atom stereocenters. The van der Waals surface area contributed by atoms with Crippen LogP contribution in [0, 0.1) is 6.92 Å². The Kier molecular flexibility index (Phi) is 5.77. The highest BCUT2D eigenvalue weighted by Gasteiger charge is 2.13. The van der Waals surface area contributed by atoms with Gasteiger partial charge in [0.15, 0.2) is 0 Å². The molecule has 1 aromatic heterocycles. The van der Waals surface area contributed by atoms with E-state index in [4.69, 9.17) is 4.74 Å². The third-order valence-electron chi connectivity index (χ3n) is 4.28. The van der Waals surface area contributed by atoms with E-state index in [-0.39, 0.29) is 13.1 Å². The van der Waals surface area contributed by atoms with E-state index in [0.29, 0.717) is 22.3 Å². The molecule has 9 heteroatoms. The van der Waals surface area contributed by atoms with Crippen LogP contribution < -0.4 is 26.6 Å². The van der Waals surface area contributed by atoms with Crippen molar-refractivity contribution in [1.82, 2.24) is 14.9 Å². The SMILES string of the molecule is COc1ccc(C)cc1NC(=O)CNC(=O)Cn1c(=O)[nH]c(=O)c2ccccc21. The Morgan fingerprint density at radius 2 is 1.86 bits per heavy atom. The first-order chi connectivity index (χ1) is 13.9. The summed E-state index contributed by atoms with van der Waals surface area (Å²) in [5, 5.41) is 5.44. The maximum Gasteiger partial charge on any atom is 0.329 e. The normalized spacial score (nSPS) is 10.6. The van der Waals surface area contributed by atoms with Gasteiger partial charge in [-0.2, -0.15) is 0 Å². The van der Waals surface area contributed by atoms with E-state index in [9.17, 15) is 19.2 Å². The molecule has 29 heavy (non-hydrogen) atoms. The molecule has 9 nitrogen and oxygen atoms in total. The number of H-pyrrole nitrogens is 1. The van der Waals surface area contributed by atoms with E-state index in [2.05, 4.69) is 15.6 Å². The maximum atomic E-state index is 12.3. The van der Waals surface area contributed by atoms with Crippen molar-refractivity contribution in [3.8, 4) is 5.75 Å². The van der Waals surface area contributed by atoms with Crippen LogP contribution in [0.4, 0.5) is 5.69 Å². The average Bonchev–Trinajstić information content (AvgIpc) is 2.70. The van der Waals surface area contributed by atoms with E-state index >= 15 is 0 Å². The Balaban J connectivity index is 1.68. The van der Waals surface area contributed by atoms with Crippen LogP contribution in [0.1, 0.15) is 5.56 Å². The van der Waals surface area contributed by atoms with Crippen LogP contribution in [-0.4, -0.2) is 35.0 Å². The quantitative estimate of drug-likeness (QED) is 0.568. The van der Waals surface area contributed by atoms with Crippen molar-refractivity contribution in [3.05, 3.63) is 68.9 Å². The molecular formula is C20H20N4O5. The standard InChI is InChI=1S/C20H20N4O5/c1-12-7-8-16(29-2)14(9-12)22-17(25)10-21-18(26)11-24-15-6-4-3-5-13(15)19(27)23-20(24)28/h3-9H,10-11H2,1-2H3,(H,21,26)(H,22,25)(H,23,27,28). The van der Waals surface area contributed by atoms with Crippen LogP contribution in [0.25, 0.3) is 10.9 Å². The summed E-state index contributed by atoms with van der Waals surface area (Å²) in [6.45, 7) is 1.26. The van der Waals surface area contributed by atoms with Gasteiger partial charge in [-0.15, -0.1) is 0 Å². The highest BCUT2D eigenvalue weighted by molar-refractivity contribution is 5.95. The van der Waals surface area contributed by atoms with Crippen LogP contribution in [0.2, 0.25) is 0 Å². The van der Waals surface area contributed by atoms with E-state index in [1.807, 2.05) is 13.0 Å². The number of rotatable bonds is 6. The number of methoxy groups -OCH3 is 1. The number of aryl methyl sites for hydroxylation is 1. The Morgan fingerprint density at radius 3 is 2.62 bits per heavy atom. The fourth-order valence-electron chi connectivity index (χ4n) is 2.89. The zero-order valence-corrected chi connectivity index (χ0v) is 15.9. The van der Waals surface area contributed by atoms with Crippen molar-refractivity contribution in [2.24, 2.45) is 0 Å². The van der Waals surface area contributed by atoms with Gasteiger partial charge in [0.05, 0.1) is 30.2 Å². The fraction of sp³-hybridized carbons (Fsp3) is 0.200. The van der Waals surface area contributed by atoms with Gasteiger partial charge in [-0.05, 0) is 36.8 Å². The smallest absolute Gasteiger partial charge is 0.329 e. The lowest BCUT2D eigenvalue weighted by Crippen LogP contribution is -2.39. The molecule has 3 aromatic rings. The number of ether oxygens (including phenoxy) is 1. The number of amides is 2. The molecular weight excluding hydrogens is 376 g/mol. The highest BCUT2D eigenvalue weighted by Crippen LogP contribution is 2.24. The monoisotopic (exact) mass is 396 g/mol. The number of benzene rings is 2. The molecule has 3 N–H and O–H groups in total. The molecule has 0 radical (unpaired) electrons. The van der Waals surface area contributed by atoms with Crippen LogP contribution in [0.3, 0.4) is 0 Å². The van der Waals surface area contributed by atoms with Gasteiger partial charge < -0.3 is 15.4 Å². The number of anilines is 1. The molecule has 3 rings (SSSR count). The van der Waals surface area contributed by atoms with E-state index < -0.39 is 23.1 Å². The number of aromatic amines is 1. The van der Waals surface area contributed by atoms with E-state index in [1.165, 1.54) is 7.11 Å². The first-order valence-electron chi connectivity index (χ1n) is 8.82. The van der Waals surface area contributed by atoms with Crippen LogP contribution in [0.15, 0.2) is 52.1 Å². The number of hydrogen-bond donors (Lipinski definition) is 3. The summed E-state index contributed by atoms with van der Waals surface area (Å²) in [6, 6.07) is 11.8. The topological polar surface area (TPSA) is 122 Å². The Labute approximate surface area is 165 Å². The summed E-state index contributed by atoms with van der Waals surface area (Å²) < 4.78 is 6.35. The second kappa shape index (κ2) is 8.42. The predicted octanol–water partition coefficient (Wildman–Crippen LogP) is 0.762. The van der Waals surface area contributed by atoms with Crippen LogP contribution >= 0.6 is 0 Å². The molecule has 0 saturated carbocycles. The molecule has 0 bridgehead atoms. The zero-order valence-electron chi connectivity index (χ0n) is 15.9. The minimum atomic E-state index is -0.696. The number of aromatic nitrogens is 2. The number of carbonyl (C=O) groups is 2. The minimum Gasteiger partial charge on any atom is -0.495 e. The zero-order chi connectivity index (χ0) is 21.0. The lowest BCUT2D eigenvalue weighted by Gasteiger charge is -2.12. The molecule has 2 aromatic carbocycles. The predicted molar refractivity (Wildman–Crippen MR) is 108 cm³/mol. The molecule has 0 spiro atoms. The van der Waals surface area contributed by atoms with Crippen molar-refractivity contribution in [3.63, 3.8) is 0 Å². The maximum absolute atomic E-state index is 12.3. The van der Waals surface area contributed by atoms with Gasteiger partial charge in [-0.3, -0.25) is 23.9 Å². The fourth-order valence-corrected chi connectivity index (χ4v) is 2.89. The lowest BCUT2D eigenvalue weighted by atomic mass is 10.2. The first-order valence-corrected chi connectivity index (χ1v) is 8.82. The Hall–Kier alpha value is -3.88. The van der Waals surface area contributed by atoms with Gasteiger partial charge in [0.1, 0.15) is 12.3 Å². The highest BCUT2D eigenvalue weighted by atomic mass is 16.5. The lowest BCUT2D eigenvalue weighted by molar-refractivity contribution is -0.124. The largest absolute Gasteiger partial charge is 0.495 e. The average molecular weight is 396 g/mol. The van der Waals surface area contributed by atoms with Gasteiger partial charge in [-0.25, -0.2) is 4.79 Å². The van der Waals surface area contributed by atoms with Crippen molar-refractivity contribution in [2.45, 2.75) is 13.5 Å². The minimum absolute atomic E-state index is 0.286. The van der Waals surface area contributed by atoms with Gasteiger partial charge in [0.25, 0.3) is 5.56 Å². The molecule has 0 aliphatic carbocycles. The third kappa shape index (κ3) is 4.52. The molecule has 1 heterocycles. The molecule has 0 aliphatic heterocycles. The third-order valence-corrected chi connectivity index (χ3v) is 4.28. The van der Waals surface area contributed by atoms with Crippen molar-refractivity contribution < 1.29 is 14.3 Å². The summed E-state index contributed by atoms with van der Waals surface area (Å²) >= 11 is 0. The Morgan fingerprint density at radius 1 is 1.10 bits per heavy atom. The summed E-state index contributed by atoms with van der Waals surface area (Å²) in [5.41, 5.74) is 0.556. The molecule has 0 aliphatic rings. The summed E-state index contributed by atoms with van der Waals surface area (Å²) in [6.07, 6.45) is 0. The van der Waals surface area contributed by atoms with Gasteiger partial charge in [0.2, 0.25) is 11.8 Å². The number of hydrogen-bond acceptors (Lipinski definition) is 5. The summed E-state index contributed by atoms with van der Waals surface area (Å²) in [5.74, 6) is -0.488. The summed E-state index contributed by atoms with van der Waals surface area (Å²) in [7, 11) is 1.49. The molecule has 0 saturated heterocycles. The first kappa shape index (κ1) is 19.9. The number of fused-ring (bicyclic) bond motifs is 1. The van der Waals surface area contributed by atoms with Crippen molar-refractivity contribution in [2.75, 3.05) is 19.0 Å². The molecule has 0 fully saturated rings. The second-order valence-corrected chi connectivity index (χ2v) is 6.39.